The van der Waals surface area contributed by atoms with E-state index in [9.17, 15) is 8.42 Å². The highest BCUT2D eigenvalue weighted by Crippen LogP contribution is 2.06. The van der Waals surface area contributed by atoms with E-state index in [2.05, 4.69) is 6.58 Å². The molecule has 0 spiro atoms. The van der Waals surface area contributed by atoms with Gasteiger partial charge in [-0.1, -0.05) is 12.2 Å². The maximum atomic E-state index is 10.2. The predicted molar refractivity (Wildman–Crippen MR) is 40.1 cm³/mol. The van der Waals surface area contributed by atoms with Crippen molar-refractivity contribution < 1.29 is 13.0 Å². The summed E-state index contributed by atoms with van der Waals surface area (Å²) in [6.45, 7) is 6.72. The van der Waals surface area contributed by atoms with Gasteiger partial charge in [0.05, 0.1) is 5.41 Å². The third-order valence-electron chi connectivity index (χ3n) is 0.999. The molecule has 0 aliphatic carbocycles. The zero-order valence-corrected chi connectivity index (χ0v) is 6.77. The van der Waals surface area contributed by atoms with Crippen molar-refractivity contribution in [1.82, 2.24) is 0 Å². The van der Waals surface area contributed by atoms with Crippen LogP contribution >= 0.6 is 0 Å². The first-order valence-corrected chi connectivity index (χ1v) is 4.15. The largest absolute Gasteiger partial charge is 0.287 e. The summed E-state index contributed by atoms with van der Waals surface area (Å²) in [4.78, 5) is 0. The lowest BCUT2D eigenvalue weighted by Crippen LogP contribution is -1.92. The molecule has 0 atom stereocenters. The van der Waals surface area contributed by atoms with E-state index in [0.29, 0.717) is 11.1 Å². The topological polar surface area (TPSA) is 54.4 Å². The summed E-state index contributed by atoms with van der Waals surface area (Å²) >= 11 is 0. The molecule has 0 aromatic carbocycles. The van der Waals surface area contributed by atoms with Crippen LogP contribution < -0.4 is 0 Å². The van der Waals surface area contributed by atoms with Crippen LogP contribution in [0, 0.1) is 0 Å². The van der Waals surface area contributed by atoms with Gasteiger partial charge >= 0.3 is 0 Å². The second-order valence-electron chi connectivity index (χ2n) is 2.10. The third kappa shape index (κ3) is 4.29. The molecule has 0 aliphatic heterocycles. The van der Waals surface area contributed by atoms with Gasteiger partial charge in [0.2, 0.25) is 0 Å². The Balaban J connectivity index is 4.66. The van der Waals surface area contributed by atoms with Gasteiger partial charge in [0.1, 0.15) is 0 Å². The lowest BCUT2D eigenvalue weighted by molar-refractivity contribution is 0.494. The average Bonchev–Trinajstić information content (AvgIpc) is 1.60. The van der Waals surface area contributed by atoms with E-state index >= 15 is 0 Å². The summed E-state index contributed by atoms with van der Waals surface area (Å²) in [6.07, 6.45) is 0. The number of allylic oxidation sites excluding steroid dienone is 2. The molecule has 0 aliphatic rings. The van der Waals surface area contributed by atoms with Gasteiger partial charge in [-0.2, -0.15) is 8.42 Å². The standard InChI is InChI=1S/C6H10O3S/c1-5(2)6(3)4-10(7,8)9/h4H,1H2,2-3H3,(H,7,8,9). The van der Waals surface area contributed by atoms with Crippen LogP contribution in [0.15, 0.2) is 23.1 Å². The van der Waals surface area contributed by atoms with Crippen LogP contribution in [0.4, 0.5) is 0 Å². The van der Waals surface area contributed by atoms with Crippen molar-refractivity contribution in [3.8, 4) is 0 Å². The molecule has 0 amide bonds. The fraction of sp³-hybridized carbons (Fsp3) is 0.333. The second kappa shape index (κ2) is 2.98. The van der Waals surface area contributed by atoms with Crippen LogP contribution in [-0.2, 0) is 10.1 Å². The van der Waals surface area contributed by atoms with Crippen molar-refractivity contribution in [2.24, 2.45) is 0 Å². The summed E-state index contributed by atoms with van der Waals surface area (Å²) in [5.41, 5.74) is 1.08. The molecule has 0 rings (SSSR count). The fourth-order valence-corrected chi connectivity index (χ4v) is 0.972. The maximum absolute atomic E-state index is 10.2. The lowest BCUT2D eigenvalue weighted by Gasteiger charge is -1.94. The third-order valence-corrected chi connectivity index (χ3v) is 1.65. The number of hydrogen-bond acceptors (Lipinski definition) is 2. The normalized spacial score (nSPS) is 13.3. The highest BCUT2D eigenvalue weighted by Gasteiger charge is 1.99. The number of rotatable bonds is 2. The average molecular weight is 162 g/mol. The molecule has 0 saturated heterocycles. The van der Waals surface area contributed by atoms with Gasteiger partial charge in [0.25, 0.3) is 10.1 Å². The van der Waals surface area contributed by atoms with Crippen LogP contribution in [0.5, 0.6) is 0 Å². The smallest absolute Gasteiger partial charge is 0.282 e. The van der Waals surface area contributed by atoms with E-state index in [1.807, 2.05) is 0 Å². The Bertz CT molecular complexity index is 259. The Morgan fingerprint density at radius 1 is 1.50 bits per heavy atom. The van der Waals surface area contributed by atoms with Crippen LogP contribution in [0.2, 0.25) is 0 Å². The molecule has 0 heterocycles. The Kier molecular flexibility index (Phi) is 2.80. The summed E-state index contributed by atoms with van der Waals surface area (Å²) < 4.78 is 28.7. The van der Waals surface area contributed by atoms with E-state index in [4.69, 9.17) is 4.55 Å². The fourth-order valence-electron chi connectivity index (χ4n) is 0.324. The summed E-state index contributed by atoms with van der Waals surface area (Å²) in [6, 6.07) is 0. The highest BCUT2D eigenvalue weighted by molar-refractivity contribution is 7.88. The second-order valence-corrected chi connectivity index (χ2v) is 3.36. The quantitative estimate of drug-likeness (QED) is 0.492. The van der Waals surface area contributed by atoms with Gasteiger partial charge in [-0.15, -0.1) is 0 Å². The molecule has 4 heteroatoms. The Hall–Kier alpha value is -0.610. The van der Waals surface area contributed by atoms with Gasteiger partial charge in [-0.25, -0.2) is 0 Å². The summed E-state index contributed by atoms with van der Waals surface area (Å²) in [7, 11) is -3.99. The van der Waals surface area contributed by atoms with Gasteiger partial charge in [0, 0.05) is 0 Å². The van der Waals surface area contributed by atoms with E-state index in [1.165, 1.54) is 0 Å². The van der Waals surface area contributed by atoms with Gasteiger partial charge in [-0.05, 0) is 19.4 Å². The number of hydrogen-bond donors (Lipinski definition) is 1. The van der Waals surface area contributed by atoms with Gasteiger partial charge in [-0.3, -0.25) is 4.55 Å². The molecule has 1 N–H and O–H groups in total. The summed E-state index contributed by atoms with van der Waals surface area (Å²) in [5.74, 6) is 0. The maximum Gasteiger partial charge on any atom is 0.287 e. The highest BCUT2D eigenvalue weighted by atomic mass is 32.2. The van der Waals surface area contributed by atoms with Crippen molar-refractivity contribution >= 4 is 10.1 Å². The minimum absolute atomic E-state index is 0.461. The minimum atomic E-state index is -3.99. The molecule has 0 aromatic rings. The summed E-state index contributed by atoms with van der Waals surface area (Å²) in [5, 5.41) is 0.773. The molecule has 0 bridgehead atoms. The van der Waals surface area contributed by atoms with E-state index in [0.717, 1.165) is 5.41 Å². The zero-order chi connectivity index (χ0) is 8.36. The first-order chi connectivity index (χ1) is 4.33. The van der Waals surface area contributed by atoms with Gasteiger partial charge < -0.3 is 0 Å². The monoisotopic (exact) mass is 162 g/mol. The lowest BCUT2D eigenvalue weighted by atomic mass is 10.2. The first-order valence-electron chi connectivity index (χ1n) is 2.64. The molecule has 0 aromatic heterocycles. The van der Waals surface area contributed by atoms with Crippen molar-refractivity contribution in [2.75, 3.05) is 0 Å². The Morgan fingerprint density at radius 2 is 1.90 bits per heavy atom. The van der Waals surface area contributed by atoms with Gasteiger partial charge in [0.15, 0.2) is 0 Å². The van der Waals surface area contributed by atoms with Crippen LogP contribution in [-0.4, -0.2) is 13.0 Å². The van der Waals surface area contributed by atoms with E-state index in [-0.39, 0.29) is 0 Å². The van der Waals surface area contributed by atoms with Crippen LogP contribution in [0.25, 0.3) is 0 Å². The minimum Gasteiger partial charge on any atom is -0.282 e. The molecule has 0 fully saturated rings. The predicted octanol–water partition coefficient (Wildman–Crippen LogP) is 1.35. The molecule has 3 nitrogen and oxygen atoms in total. The van der Waals surface area contributed by atoms with Crippen molar-refractivity contribution in [2.45, 2.75) is 13.8 Å². The molecule has 10 heavy (non-hydrogen) atoms. The SMILES string of the molecule is C=C(C)C(C)=CS(=O)(=O)O. The van der Waals surface area contributed by atoms with Crippen molar-refractivity contribution in [1.29, 1.82) is 0 Å². The van der Waals surface area contributed by atoms with Crippen molar-refractivity contribution in [3.63, 3.8) is 0 Å². The Morgan fingerprint density at radius 3 is 2.00 bits per heavy atom. The molecular weight excluding hydrogens is 152 g/mol. The zero-order valence-electron chi connectivity index (χ0n) is 5.96. The first kappa shape index (κ1) is 9.39. The molecular formula is C6H10O3S. The molecule has 0 saturated carbocycles. The van der Waals surface area contributed by atoms with E-state index in [1.54, 1.807) is 13.8 Å². The Labute approximate surface area is 60.8 Å². The van der Waals surface area contributed by atoms with Crippen LogP contribution in [0.1, 0.15) is 13.8 Å². The van der Waals surface area contributed by atoms with Crippen LogP contribution in [0.3, 0.4) is 0 Å². The molecule has 0 unspecified atom stereocenters. The molecule has 58 valence electrons. The van der Waals surface area contributed by atoms with Crippen molar-refractivity contribution in [3.05, 3.63) is 23.1 Å². The van der Waals surface area contributed by atoms with E-state index < -0.39 is 10.1 Å². The molecule has 0 radical (unpaired) electrons.